The molecule has 1 saturated heterocycles. The van der Waals surface area contributed by atoms with E-state index in [0.29, 0.717) is 28.4 Å². The lowest BCUT2D eigenvalue weighted by molar-refractivity contribution is -0.137. The molecule has 1 aliphatic heterocycles. The molecule has 0 atom stereocenters. The molecule has 5 nitrogen and oxygen atoms in total. The maximum Gasteiger partial charge on any atom is 0.416 e. The number of carbonyl (C=O) groups excluding carboxylic acids is 1. The summed E-state index contributed by atoms with van der Waals surface area (Å²) in [4.78, 5) is 19.8. The number of likely N-dealkylation sites (tertiary alicyclic amines) is 1. The van der Waals surface area contributed by atoms with Crippen LogP contribution in [0, 0.1) is 5.92 Å². The molecule has 1 fully saturated rings. The van der Waals surface area contributed by atoms with Gasteiger partial charge in [-0.1, -0.05) is 44.2 Å². The molecule has 0 radical (unpaired) electrons. The Labute approximate surface area is 224 Å². The van der Waals surface area contributed by atoms with Gasteiger partial charge in [-0.05, 0) is 54.7 Å². The highest BCUT2D eigenvalue weighted by Crippen LogP contribution is 2.35. The summed E-state index contributed by atoms with van der Waals surface area (Å²) in [5.41, 5.74) is 0.870. The third-order valence-corrected chi connectivity index (χ3v) is 7.63. The summed E-state index contributed by atoms with van der Waals surface area (Å²) < 4.78 is 39.6. The van der Waals surface area contributed by atoms with Crippen molar-refractivity contribution < 1.29 is 18.0 Å². The topological polar surface area (TPSA) is 57.3 Å². The fraction of sp³-hybridized carbons (Fsp3) is 0.370. The molecular weight excluding hydrogens is 517 g/mol. The molecule has 10 heteroatoms. The molecule has 0 saturated carbocycles. The van der Waals surface area contributed by atoms with Crippen LogP contribution in [0.1, 0.15) is 53.7 Å². The Morgan fingerprint density at radius 1 is 1.16 bits per heavy atom. The number of alkyl halides is 3. The van der Waals surface area contributed by atoms with E-state index in [4.69, 9.17) is 12.2 Å². The second-order valence-corrected chi connectivity index (χ2v) is 10.8. The zero-order valence-corrected chi connectivity index (χ0v) is 22.3. The number of piperidine rings is 1. The number of carbonyl (C=O) groups is 1. The van der Waals surface area contributed by atoms with Crippen molar-refractivity contribution in [2.75, 3.05) is 25.0 Å². The number of anilines is 1. The van der Waals surface area contributed by atoms with Crippen LogP contribution in [-0.4, -0.2) is 40.5 Å². The van der Waals surface area contributed by atoms with Crippen LogP contribution in [-0.2, 0) is 6.18 Å². The molecule has 1 aromatic heterocycles. The van der Waals surface area contributed by atoms with E-state index in [9.17, 15) is 18.0 Å². The Hall–Kier alpha value is -2.98. The number of nitrogens with zero attached hydrogens (tertiary/aromatic N) is 2. The summed E-state index contributed by atoms with van der Waals surface area (Å²) in [6.45, 7) is 6.80. The molecule has 3 aromatic rings. The van der Waals surface area contributed by atoms with Crippen LogP contribution in [0.5, 0.6) is 0 Å². The number of hydrogen-bond donors (Lipinski definition) is 2. The highest BCUT2D eigenvalue weighted by atomic mass is 32.1. The van der Waals surface area contributed by atoms with Crippen LogP contribution in [0.25, 0.3) is 11.1 Å². The zero-order chi connectivity index (χ0) is 26.6. The predicted octanol–water partition coefficient (Wildman–Crippen LogP) is 6.79. The number of thiazole rings is 1. The van der Waals surface area contributed by atoms with E-state index >= 15 is 0 Å². The summed E-state index contributed by atoms with van der Waals surface area (Å²) in [5, 5.41) is 9.58. The van der Waals surface area contributed by atoms with Gasteiger partial charge in [0.25, 0.3) is 5.91 Å². The Morgan fingerprint density at radius 3 is 2.59 bits per heavy atom. The molecule has 196 valence electrons. The van der Waals surface area contributed by atoms with Gasteiger partial charge in [0, 0.05) is 42.2 Å². The van der Waals surface area contributed by atoms with Crippen molar-refractivity contribution in [3.63, 3.8) is 0 Å². The van der Waals surface area contributed by atoms with Gasteiger partial charge in [-0.25, -0.2) is 4.98 Å². The van der Waals surface area contributed by atoms with Gasteiger partial charge >= 0.3 is 6.18 Å². The standard InChI is InChI=1S/C27H29F3N4OS2/c1-17(2)15-31-26(36)34-12-10-18(11-13-34)25-33-23(16-37-25)24(35)32-22-9-4-3-8-21(22)19-6-5-7-20(14-19)27(28,29)30/h3-9,14,16-18H,10-13,15H2,1-2H3,(H,31,36)(H,32,35). The van der Waals surface area contributed by atoms with E-state index in [-0.39, 0.29) is 5.92 Å². The number of halogens is 3. The normalized spacial score (nSPS) is 14.6. The Bertz CT molecular complexity index is 1250. The molecule has 0 bridgehead atoms. The predicted molar refractivity (Wildman–Crippen MR) is 146 cm³/mol. The lowest BCUT2D eigenvalue weighted by Crippen LogP contribution is -2.44. The molecule has 2 N–H and O–H groups in total. The van der Waals surface area contributed by atoms with Crippen LogP contribution in [0.2, 0.25) is 0 Å². The van der Waals surface area contributed by atoms with Crippen molar-refractivity contribution in [3.05, 3.63) is 70.2 Å². The minimum atomic E-state index is -4.45. The first-order chi connectivity index (χ1) is 17.6. The van der Waals surface area contributed by atoms with E-state index in [1.165, 1.54) is 17.4 Å². The SMILES string of the molecule is CC(C)CNC(=S)N1CCC(c2nc(C(=O)Nc3ccccc3-c3cccc(C(F)(F)F)c3)cs2)CC1. The van der Waals surface area contributed by atoms with Crippen LogP contribution in [0.15, 0.2) is 53.9 Å². The quantitative estimate of drug-likeness (QED) is 0.334. The fourth-order valence-electron chi connectivity index (χ4n) is 4.21. The van der Waals surface area contributed by atoms with Gasteiger partial charge in [0.05, 0.1) is 10.6 Å². The Morgan fingerprint density at radius 2 is 1.89 bits per heavy atom. The minimum Gasteiger partial charge on any atom is -0.362 e. The number of hydrogen-bond acceptors (Lipinski definition) is 4. The summed E-state index contributed by atoms with van der Waals surface area (Å²) in [7, 11) is 0. The number of aromatic nitrogens is 1. The first-order valence-electron chi connectivity index (χ1n) is 12.2. The van der Waals surface area contributed by atoms with Crippen molar-refractivity contribution in [1.82, 2.24) is 15.2 Å². The number of benzene rings is 2. The smallest absolute Gasteiger partial charge is 0.362 e. The van der Waals surface area contributed by atoms with Crippen LogP contribution in [0.4, 0.5) is 18.9 Å². The van der Waals surface area contributed by atoms with Gasteiger partial charge in [0.1, 0.15) is 5.69 Å². The maximum atomic E-state index is 13.2. The first kappa shape index (κ1) is 27.1. The largest absolute Gasteiger partial charge is 0.416 e. The average Bonchev–Trinajstić information content (AvgIpc) is 3.38. The zero-order valence-electron chi connectivity index (χ0n) is 20.6. The van der Waals surface area contributed by atoms with Gasteiger partial charge < -0.3 is 15.5 Å². The number of para-hydroxylation sites is 1. The molecule has 37 heavy (non-hydrogen) atoms. The first-order valence-corrected chi connectivity index (χ1v) is 13.5. The van der Waals surface area contributed by atoms with Crippen LogP contribution in [0.3, 0.4) is 0 Å². The maximum absolute atomic E-state index is 13.2. The van der Waals surface area contributed by atoms with Gasteiger partial charge in [-0.3, -0.25) is 4.79 Å². The molecule has 2 aromatic carbocycles. The van der Waals surface area contributed by atoms with Crippen molar-refractivity contribution in [1.29, 1.82) is 0 Å². The van der Waals surface area contributed by atoms with Gasteiger partial charge in [-0.2, -0.15) is 13.2 Å². The lowest BCUT2D eigenvalue weighted by Gasteiger charge is -2.33. The summed E-state index contributed by atoms with van der Waals surface area (Å²) in [6, 6.07) is 11.9. The summed E-state index contributed by atoms with van der Waals surface area (Å²) in [5.74, 6) is 0.388. The van der Waals surface area contributed by atoms with E-state index < -0.39 is 17.6 Å². The van der Waals surface area contributed by atoms with Crippen LogP contribution >= 0.6 is 23.6 Å². The highest BCUT2D eigenvalue weighted by molar-refractivity contribution is 7.80. The number of thiocarbonyl (C=S) groups is 1. The Kier molecular flexibility index (Phi) is 8.49. The Balaban J connectivity index is 1.41. The average molecular weight is 547 g/mol. The molecule has 4 rings (SSSR count). The summed E-state index contributed by atoms with van der Waals surface area (Å²) in [6.07, 6.45) is -2.65. The number of rotatable bonds is 6. The van der Waals surface area contributed by atoms with Crippen LogP contribution < -0.4 is 10.6 Å². The molecule has 0 spiro atoms. The van der Waals surface area contributed by atoms with Gasteiger partial charge in [0.2, 0.25) is 0 Å². The second-order valence-electron chi connectivity index (χ2n) is 9.49. The summed E-state index contributed by atoms with van der Waals surface area (Å²) >= 11 is 6.97. The van der Waals surface area contributed by atoms with E-state index in [1.807, 2.05) is 0 Å². The molecule has 0 unspecified atom stereocenters. The molecule has 0 aliphatic carbocycles. The third kappa shape index (κ3) is 6.87. The number of nitrogens with one attached hydrogen (secondary N) is 2. The van der Waals surface area contributed by atoms with Gasteiger partial charge in [0.15, 0.2) is 5.11 Å². The number of amides is 1. The lowest BCUT2D eigenvalue weighted by atomic mass is 9.98. The molecular formula is C27H29F3N4OS2. The van der Waals surface area contributed by atoms with E-state index in [1.54, 1.807) is 35.7 Å². The minimum absolute atomic E-state index is 0.257. The van der Waals surface area contributed by atoms with Crippen molar-refractivity contribution >= 4 is 40.3 Å². The molecule has 1 aliphatic rings. The monoisotopic (exact) mass is 546 g/mol. The fourth-order valence-corrected chi connectivity index (χ4v) is 5.44. The van der Waals surface area contributed by atoms with E-state index in [2.05, 4.69) is 34.4 Å². The molecule has 2 heterocycles. The van der Waals surface area contributed by atoms with E-state index in [0.717, 1.165) is 54.7 Å². The molecule has 1 amide bonds. The van der Waals surface area contributed by atoms with Crippen molar-refractivity contribution in [3.8, 4) is 11.1 Å². The van der Waals surface area contributed by atoms with Crippen molar-refractivity contribution in [2.24, 2.45) is 5.92 Å². The van der Waals surface area contributed by atoms with Crippen molar-refractivity contribution in [2.45, 2.75) is 38.8 Å². The second kappa shape index (κ2) is 11.6. The van der Waals surface area contributed by atoms with Gasteiger partial charge in [-0.15, -0.1) is 11.3 Å². The third-order valence-electron chi connectivity index (χ3n) is 6.22. The highest BCUT2D eigenvalue weighted by Gasteiger charge is 2.30.